The van der Waals surface area contributed by atoms with Crippen molar-refractivity contribution >= 4 is 23.7 Å². The maximum Gasteiger partial charge on any atom is 0.272 e. The Morgan fingerprint density at radius 3 is 2.82 bits per heavy atom. The number of rotatable bonds is 7. The molecule has 0 saturated heterocycles. The highest BCUT2D eigenvalue weighted by Crippen LogP contribution is 2.20. The van der Waals surface area contributed by atoms with Crippen LogP contribution in [-0.2, 0) is 11.2 Å². The summed E-state index contributed by atoms with van der Waals surface area (Å²) in [4.78, 5) is 20.8. The molecule has 4 nitrogen and oxygen atoms in total. The number of thioether (sulfide) groups is 1. The molecule has 5 heteroatoms. The van der Waals surface area contributed by atoms with Crippen LogP contribution in [-0.4, -0.2) is 22.7 Å². The van der Waals surface area contributed by atoms with Crippen molar-refractivity contribution in [1.82, 2.24) is 0 Å². The van der Waals surface area contributed by atoms with Crippen molar-refractivity contribution in [3.05, 3.63) is 39.9 Å². The molecule has 0 radical (unpaired) electrons. The van der Waals surface area contributed by atoms with Gasteiger partial charge in [-0.3, -0.25) is 10.1 Å². The van der Waals surface area contributed by atoms with Gasteiger partial charge < -0.3 is 4.79 Å². The number of para-hydroxylation sites is 1. The van der Waals surface area contributed by atoms with Crippen LogP contribution in [0.15, 0.2) is 24.3 Å². The molecule has 17 heavy (non-hydrogen) atoms. The van der Waals surface area contributed by atoms with Crippen molar-refractivity contribution in [3.63, 3.8) is 0 Å². The molecule has 92 valence electrons. The van der Waals surface area contributed by atoms with Crippen molar-refractivity contribution in [2.45, 2.75) is 13.3 Å². The van der Waals surface area contributed by atoms with Gasteiger partial charge in [0.05, 0.1) is 4.92 Å². The maximum atomic E-state index is 10.8. The maximum absolute atomic E-state index is 10.8. The summed E-state index contributed by atoms with van der Waals surface area (Å²) in [6.45, 7) is 1.87. The highest BCUT2D eigenvalue weighted by molar-refractivity contribution is 7.99. The molecule has 0 spiro atoms. The molecular weight excluding hydrogens is 238 g/mol. The molecule has 1 atom stereocenters. The number of nitrogens with zero attached hydrogens (tertiary/aromatic N) is 1. The van der Waals surface area contributed by atoms with Gasteiger partial charge in [0, 0.05) is 23.3 Å². The van der Waals surface area contributed by atoms with Crippen LogP contribution >= 0.6 is 11.8 Å². The smallest absolute Gasteiger partial charge is 0.272 e. The minimum atomic E-state index is -0.353. The molecule has 0 bridgehead atoms. The van der Waals surface area contributed by atoms with Gasteiger partial charge in [0.1, 0.15) is 6.29 Å². The third-order valence-corrected chi connectivity index (χ3v) is 3.57. The van der Waals surface area contributed by atoms with Gasteiger partial charge in [-0.05, 0) is 12.2 Å². The van der Waals surface area contributed by atoms with E-state index in [0.717, 1.165) is 23.4 Å². The number of aryl methyl sites for hydroxylation is 1. The molecule has 0 N–H and O–H groups in total. The van der Waals surface area contributed by atoms with E-state index in [1.54, 1.807) is 30.0 Å². The minimum absolute atomic E-state index is 0.0470. The fraction of sp³-hybridized carbons (Fsp3) is 0.417. The van der Waals surface area contributed by atoms with Crippen molar-refractivity contribution in [3.8, 4) is 0 Å². The molecular formula is C12H15NO3S. The first-order valence-electron chi connectivity index (χ1n) is 5.40. The van der Waals surface area contributed by atoms with Crippen LogP contribution in [0.5, 0.6) is 0 Å². The Kier molecular flexibility index (Phi) is 5.69. The van der Waals surface area contributed by atoms with Crippen LogP contribution in [0, 0.1) is 16.0 Å². The zero-order valence-corrected chi connectivity index (χ0v) is 10.5. The molecule has 0 aliphatic heterocycles. The summed E-state index contributed by atoms with van der Waals surface area (Å²) >= 11 is 1.65. The zero-order chi connectivity index (χ0) is 12.7. The van der Waals surface area contributed by atoms with Gasteiger partial charge in [-0.1, -0.05) is 25.1 Å². The quantitative estimate of drug-likeness (QED) is 0.324. The van der Waals surface area contributed by atoms with Gasteiger partial charge >= 0.3 is 0 Å². The van der Waals surface area contributed by atoms with Crippen molar-refractivity contribution in [2.24, 2.45) is 5.92 Å². The van der Waals surface area contributed by atoms with Crippen LogP contribution in [0.25, 0.3) is 0 Å². The SMILES string of the molecule is CC(C=O)CSCCc1ccccc1[N+](=O)[O-]. The van der Waals surface area contributed by atoms with Crippen LogP contribution in [0.1, 0.15) is 12.5 Å². The van der Waals surface area contributed by atoms with Gasteiger partial charge in [0.2, 0.25) is 0 Å². The minimum Gasteiger partial charge on any atom is -0.303 e. The first-order valence-corrected chi connectivity index (χ1v) is 6.56. The summed E-state index contributed by atoms with van der Waals surface area (Å²) in [6, 6.07) is 6.78. The highest BCUT2D eigenvalue weighted by Gasteiger charge is 2.11. The van der Waals surface area contributed by atoms with Crippen molar-refractivity contribution < 1.29 is 9.72 Å². The van der Waals surface area contributed by atoms with E-state index in [9.17, 15) is 14.9 Å². The van der Waals surface area contributed by atoms with E-state index in [-0.39, 0.29) is 16.5 Å². The van der Waals surface area contributed by atoms with Gasteiger partial charge in [-0.15, -0.1) is 0 Å². The molecule has 1 unspecified atom stereocenters. The second kappa shape index (κ2) is 7.06. The molecule has 0 aliphatic carbocycles. The van der Waals surface area contributed by atoms with E-state index in [1.165, 1.54) is 6.07 Å². The summed E-state index contributed by atoms with van der Waals surface area (Å²) in [7, 11) is 0. The Balaban J connectivity index is 2.46. The predicted molar refractivity (Wildman–Crippen MR) is 69.4 cm³/mol. The monoisotopic (exact) mass is 253 g/mol. The lowest BCUT2D eigenvalue weighted by molar-refractivity contribution is -0.385. The lowest BCUT2D eigenvalue weighted by atomic mass is 10.1. The first-order chi connectivity index (χ1) is 8.15. The Labute approximate surface area is 105 Å². The van der Waals surface area contributed by atoms with Crippen LogP contribution in [0.2, 0.25) is 0 Å². The second-order valence-electron chi connectivity index (χ2n) is 3.82. The highest BCUT2D eigenvalue weighted by atomic mass is 32.2. The number of nitro benzene ring substituents is 1. The van der Waals surface area contributed by atoms with Gasteiger partial charge in [0.15, 0.2) is 0 Å². The normalized spacial score (nSPS) is 12.1. The average Bonchev–Trinajstić information content (AvgIpc) is 2.34. The molecule has 0 fully saturated rings. The second-order valence-corrected chi connectivity index (χ2v) is 4.97. The fourth-order valence-corrected chi connectivity index (χ4v) is 2.37. The van der Waals surface area contributed by atoms with E-state index in [2.05, 4.69) is 0 Å². The van der Waals surface area contributed by atoms with E-state index in [0.29, 0.717) is 6.42 Å². The summed E-state index contributed by atoms with van der Waals surface area (Å²) in [5, 5.41) is 10.8. The molecule has 0 heterocycles. The Bertz CT molecular complexity index is 395. The van der Waals surface area contributed by atoms with Gasteiger partial charge in [-0.2, -0.15) is 11.8 Å². The Morgan fingerprint density at radius 2 is 2.18 bits per heavy atom. The van der Waals surface area contributed by atoms with E-state index in [1.807, 2.05) is 6.92 Å². The number of hydrogen-bond donors (Lipinski definition) is 0. The van der Waals surface area contributed by atoms with E-state index in [4.69, 9.17) is 0 Å². The lowest BCUT2D eigenvalue weighted by Gasteiger charge is -2.04. The summed E-state index contributed by atoms with van der Waals surface area (Å²) < 4.78 is 0. The summed E-state index contributed by atoms with van der Waals surface area (Å²) in [5.74, 6) is 1.61. The molecule has 0 aliphatic rings. The summed E-state index contributed by atoms with van der Waals surface area (Å²) in [6.07, 6.45) is 1.59. The standard InChI is InChI=1S/C12H15NO3S/c1-10(8-14)9-17-7-6-11-4-2-3-5-12(11)13(15)16/h2-5,8,10H,6-7,9H2,1H3. The van der Waals surface area contributed by atoms with Crippen LogP contribution < -0.4 is 0 Å². The fourth-order valence-electron chi connectivity index (χ4n) is 1.39. The van der Waals surface area contributed by atoms with Gasteiger partial charge in [0.25, 0.3) is 5.69 Å². The first kappa shape index (κ1) is 13.7. The average molecular weight is 253 g/mol. The Morgan fingerprint density at radius 1 is 1.47 bits per heavy atom. The predicted octanol–water partition coefficient (Wildman–Crippen LogP) is 2.71. The number of nitro groups is 1. The number of carbonyl (C=O) groups is 1. The molecule has 0 saturated carbocycles. The molecule has 0 amide bonds. The van der Waals surface area contributed by atoms with Gasteiger partial charge in [-0.25, -0.2) is 0 Å². The van der Waals surface area contributed by atoms with E-state index < -0.39 is 0 Å². The number of hydrogen-bond acceptors (Lipinski definition) is 4. The van der Waals surface area contributed by atoms with E-state index >= 15 is 0 Å². The molecule has 1 aromatic rings. The third kappa shape index (κ3) is 4.56. The lowest BCUT2D eigenvalue weighted by Crippen LogP contribution is -2.01. The van der Waals surface area contributed by atoms with Crippen LogP contribution in [0.4, 0.5) is 5.69 Å². The zero-order valence-electron chi connectivity index (χ0n) is 9.67. The summed E-state index contributed by atoms with van der Waals surface area (Å²) in [5.41, 5.74) is 0.931. The topological polar surface area (TPSA) is 60.2 Å². The largest absolute Gasteiger partial charge is 0.303 e. The number of aldehydes is 1. The third-order valence-electron chi connectivity index (χ3n) is 2.32. The molecule has 0 aromatic heterocycles. The Hall–Kier alpha value is -1.36. The molecule has 1 rings (SSSR count). The number of benzene rings is 1. The van der Waals surface area contributed by atoms with Crippen molar-refractivity contribution in [1.29, 1.82) is 0 Å². The van der Waals surface area contributed by atoms with Crippen LogP contribution in [0.3, 0.4) is 0 Å². The molecule has 1 aromatic carbocycles. The van der Waals surface area contributed by atoms with Crippen molar-refractivity contribution in [2.75, 3.05) is 11.5 Å². The number of carbonyl (C=O) groups excluding carboxylic acids is 1.